The first kappa shape index (κ1) is 12.6. The summed E-state index contributed by atoms with van der Waals surface area (Å²) in [4.78, 5) is 36.8. The molecule has 0 aromatic carbocycles. The average molecular weight is 266 g/mol. The van der Waals surface area contributed by atoms with Gasteiger partial charge in [-0.05, 0) is 38.5 Å². The zero-order chi connectivity index (χ0) is 13.5. The second-order valence-corrected chi connectivity index (χ2v) is 5.58. The fraction of sp³-hybridized carbons (Fsp3) is 0.769. The summed E-state index contributed by atoms with van der Waals surface area (Å²) in [5, 5.41) is 2.29. The van der Waals surface area contributed by atoms with Gasteiger partial charge in [-0.25, -0.2) is 4.79 Å². The molecule has 1 spiro atoms. The highest BCUT2D eigenvalue weighted by Gasteiger charge is 2.62. The minimum atomic E-state index is -0.929. The van der Waals surface area contributed by atoms with Gasteiger partial charge in [-0.15, -0.1) is 0 Å². The molecule has 0 aromatic rings. The molecule has 1 unspecified atom stereocenters. The van der Waals surface area contributed by atoms with Crippen LogP contribution in [0.1, 0.15) is 38.5 Å². The fourth-order valence-corrected chi connectivity index (χ4v) is 2.81. The van der Waals surface area contributed by atoms with Crippen molar-refractivity contribution in [3.05, 3.63) is 0 Å². The van der Waals surface area contributed by atoms with Crippen molar-refractivity contribution in [1.29, 1.82) is 0 Å². The molecule has 19 heavy (non-hydrogen) atoms. The largest absolute Gasteiger partial charge is 0.378 e. The zero-order valence-corrected chi connectivity index (χ0v) is 10.8. The highest BCUT2D eigenvalue weighted by molar-refractivity contribution is 6.20. The minimum Gasteiger partial charge on any atom is -0.378 e. The second-order valence-electron chi connectivity index (χ2n) is 5.58. The molecule has 104 valence electrons. The predicted molar refractivity (Wildman–Crippen MR) is 65.1 cm³/mol. The van der Waals surface area contributed by atoms with Gasteiger partial charge in [0.25, 0.3) is 0 Å². The van der Waals surface area contributed by atoms with Gasteiger partial charge in [0.15, 0.2) is 0 Å². The topological polar surface area (TPSA) is 75.7 Å². The first-order chi connectivity index (χ1) is 9.13. The van der Waals surface area contributed by atoms with E-state index in [1.54, 1.807) is 0 Å². The Labute approximate surface area is 111 Å². The predicted octanol–water partition coefficient (Wildman–Crippen LogP) is 0.804. The fourth-order valence-electron chi connectivity index (χ4n) is 2.81. The van der Waals surface area contributed by atoms with Gasteiger partial charge in [-0.1, -0.05) is 0 Å². The summed E-state index contributed by atoms with van der Waals surface area (Å²) in [7, 11) is 0. The van der Waals surface area contributed by atoms with Crippen LogP contribution in [0.15, 0.2) is 0 Å². The Morgan fingerprint density at radius 3 is 2.68 bits per heavy atom. The van der Waals surface area contributed by atoms with E-state index in [-0.39, 0.29) is 12.0 Å². The molecule has 6 heteroatoms. The number of rotatable bonds is 3. The van der Waals surface area contributed by atoms with Crippen LogP contribution in [-0.2, 0) is 14.3 Å². The number of nitrogens with one attached hydrogen (secondary N) is 1. The van der Waals surface area contributed by atoms with Gasteiger partial charge in [-0.2, -0.15) is 0 Å². The summed E-state index contributed by atoms with van der Waals surface area (Å²) in [5.74, 6) is -0.746. The maximum Gasteiger partial charge on any atom is 0.330 e. The second kappa shape index (κ2) is 4.59. The van der Waals surface area contributed by atoms with Crippen LogP contribution in [0.4, 0.5) is 4.79 Å². The molecule has 1 aliphatic carbocycles. The standard InChI is InChI=1S/C13H18N2O4/c16-10-13(5-6-13)11(17)15(12(18)14-10)7-4-9-3-1-2-8-19-9/h9H,1-8H2,(H,14,16,18). The Morgan fingerprint density at radius 2 is 2.05 bits per heavy atom. The smallest absolute Gasteiger partial charge is 0.330 e. The molecule has 4 amide bonds. The van der Waals surface area contributed by atoms with Crippen molar-refractivity contribution in [3.8, 4) is 0 Å². The van der Waals surface area contributed by atoms with Crippen molar-refractivity contribution in [3.63, 3.8) is 0 Å². The molecule has 2 saturated heterocycles. The molecule has 1 N–H and O–H groups in total. The maximum absolute atomic E-state index is 12.2. The molecule has 6 nitrogen and oxygen atoms in total. The number of hydrogen-bond acceptors (Lipinski definition) is 4. The van der Waals surface area contributed by atoms with Gasteiger partial charge in [0, 0.05) is 13.2 Å². The minimum absolute atomic E-state index is 0.127. The highest BCUT2D eigenvalue weighted by atomic mass is 16.5. The number of carbonyl (C=O) groups is 3. The molecule has 0 radical (unpaired) electrons. The third-order valence-corrected chi connectivity index (χ3v) is 4.25. The Kier molecular flexibility index (Phi) is 3.05. The highest BCUT2D eigenvalue weighted by Crippen LogP contribution is 2.49. The Morgan fingerprint density at radius 1 is 1.26 bits per heavy atom. The molecule has 1 saturated carbocycles. The van der Waals surface area contributed by atoms with Crippen LogP contribution >= 0.6 is 0 Å². The lowest BCUT2D eigenvalue weighted by atomic mass is 10.0. The number of barbiturate groups is 1. The molecule has 3 aliphatic rings. The van der Waals surface area contributed by atoms with E-state index in [4.69, 9.17) is 4.74 Å². The average Bonchev–Trinajstić information content (AvgIpc) is 3.20. The van der Waals surface area contributed by atoms with Crippen molar-refractivity contribution in [1.82, 2.24) is 10.2 Å². The van der Waals surface area contributed by atoms with Gasteiger partial charge in [0.1, 0.15) is 5.41 Å². The summed E-state index contributed by atoms with van der Waals surface area (Å²) < 4.78 is 5.59. The Bertz CT molecular complexity index is 424. The van der Waals surface area contributed by atoms with Crippen LogP contribution < -0.4 is 5.32 Å². The van der Waals surface area contributed by atoms with Crippen molar-refractivity contribution >= 4 is 17.8 Å². The van der Waals surface area contributed by atoms with Crippen LogP contribution in [0.5, 0.6) is 0 Å². The Balaban J connectivity index is 1.61. The molecular formula is C13H18N2O4. The number of nitrogens with zero attached hydrogens (tertiary/aromatic N) is 1. The van der Waals surface area contributed by atoms with E-state index < -0.39 is 17.4 Å². The number of carbonyl (C=O) groups excluding carboxylic acids is 3. The maximum atomic E-state index is 12.2. The number of urea groups is 1. The number of hydrogen-bond donors (Lipinski definition) is 1. The summed E-state index contributed by atoms with van der Waals surface area (Å²) >= 11 is 0. The van der Waals surface area contributed by atoms with E-state index in [9.17, 15) is 14.4 Å². The van der Waals surface area contributed by atoms with E-state index >= 15 is 0 Å². The van der Waals surface area contributed by atoms with Crippen LogP contribution in [0.2, 0.25) is 0 Å². The van der Waals surface area contributed by atoms with Gasteiger partial charge in [-0.3, -0.25) is 19.8 Å². The summed E-state index contributed by atoms with van der Waals surface area (Å²) in [6.07, 6.45) is 5.09. The SMILES string of the molecule is O=C1NC(=O)C2(CC2)C(=O)N1CCC1CCCCO1. The normalized spacial score (nSPS) is 29.6. The zero-order valence-electron chi connectivity index (χ0n) is 10.8. The van der Waals surface area contributed by atoms with Crippen molar-refractivity contribution in [2.45, 2.75) is 44.6 Å². The summed E-state index contributed by atoms with van der Waals surface area (Å²) in [6, 6.07) is -0.580. The molecule has 2 aliphatic heterocycles. The monoisotopic (exact) mass is 266 g/mol. The van der Waals surface area contributed by atoms with Crippen molar-refractivity contribution in [2.75, 3.05) is 13.2 Å². The quantitative estimate of drug-likeness (QED) is 0.767. The lowest BCUT2D eigenvalue weighted by Crippen LogP contribution is -2.59. The van der Waals surface area contributed by atoms with E-state index in [0.29, 0.717) is 25.8 Å². The lowest BCUT2D eigenvalue weighted by Gasteiger charge is -2.31. The first-order valence-corrected chi connectivity index (χ1v) is 6.92. The van der Waals surface area contributed by atoms with Gasteiger partial charge in [0.2, 0.25) is 11.8 Å². The van der Waals surface area contributed by atoms with Crippen molar-refractivity contribution < 1.29 is 19.1 Å². The first-order valence-electron chi connectivity index (χ1n) is 6.92. The molecule has 1 atom stereocenters. The number of imide groups is 2. The number of amides is 4. The Hall–Kier alpha value is -1.43. The molecule has 3 rings (SSSR count). The molecule has 3 fully saturated rings. The lowest BCUT2D eigenvalue weighted by molar-refractivity contribution is -0.144. The summed E-state index contributed by atoms with van der Waals surface area (Å²) in [6.45, 7) is 1.09. The van der Waals surface area contributed by atoms with Gasteiger partial charge >= 0.3 is 6.03 Å². The summed E-state index contributed by atoms with van der Waals surface area (Å²) in [5.41, 5.74) is -0.929. The molecule has 0 aromatic heterocycles. The van der Waals surface area contributed by atoms with E-state index in [1.165, 1.54) is 4.90 Å². The van der Waals surface area contributed by atoms with E-state index in [2.05, 4.69) is 5.32 Å². The van der Waals surface area contributed by atoms with Gasteiger partial charge in [0.05, 0.1) is 6.10 Å². The van der Waals surface area contributed by atoms with E-state index in [0.717, 1.165) is 25.9 Å². The van der Waals surface area contributed by atoms with Crippen molar-refractivity contribution in [2.24, 2.45) is 5.41 Å². The van der Waals surface area contributed by atoms with Crippen LogP contribution in [0.3, 0.4) is 0 Å². The molecular weight excluding hydrogens is 248 g/mol. The third-order valence-electron chi connectivity index (χ3n) is 4.25. The van der Waals surface area contributed by atoms with E-state index in [1.807, 2.05) is 0 Å². The third kappa shape index (κ3) is 2.14. The van der Waals surface area contributed by atoms with Crippen LogP contribution in [0.25, 0.3) is 0 Å². The van der Waals surface area contributed by atoms with Crippen LogP contribution in [0, 0.1) is 5.41 Å². The molecule has 0 bridgehead atoms. The molecule has 2 heterocycles. The van der Waals surface area contributed by atoms with Gasteiger partial charge < -0.3 is 4.74 Å². The number of ether oxygens (including phenoxy) is 1. The van der Waals surface area contributed by atoms with Crippen LogP contribution in [-0.4, -0.2) is 42.0 Å².